The first kappa shape index (κ1) is 110. The zero-order valence-corrected chi connectivity index (χ0v) is 76.2. The van der Waals surface area contributed by atoms with Crippen LogP contribution >= 0.6 is 0 Å². The van der Waals surface area contributed by atoms with Crippen LogP contribution in [0.15, 0.2) is 60.8 Å². The molecule has 0 radical (unpaired) electrons. The quantitative estimate of drug-likeness (QED) is 0.0186. The van der Waals surface area contributed by atoms with Gasteiger partial charge in [0.15, 0.2) is 11.7 Å². The summed E-state index contributed by atoms with van der Waals surface area (Å²) in [4.78, 5) is 240. The van der Waals surface area contributed by atoms with E-state index in [1.165, 1.54) is 37.0 Å². The number of carboxylic acids is 1. The van der Waals surface area contributed by atoms with E-state index < -0.39 is 224 Å². The van der Waals surface area contributed by atoms with Gasteiger partial charge in [-0.05, 0) is 126 Å². The molecular weight excluding hydrogens is 1700 g/mol. The number of rotatable bonds is 64. The molecule has 2 fully saturated rings. The Morgan fingerprint density at radius 3 is 1.61 bits per heavy atom. The number of aromatic nitrogens is 1. The van der Waals surface area contributed by atoms with Crippen LogP contribution in [0.2, 0.25) is 0 Å². The average Bonchev–Trinajstić information content (AvgIpc) is 2.10. The molecule has 131 heavy (non-hydrogen) atoms. The van der Waals surface area contributed by atoms with Crippen molar-refractivity contribution in [3.05, 3.63) is 71.9 Å². The Morgan fingerprint density at radius 1 is 0.489 bits per heavy atom. The van der Waals surface area contributed by atoms with Gasteiger partial charge in [0.05, 0.1) is 37.8 Å². The van der Waals surface area contributed by atoms with Gasteiger partial charge in [0, 0.05) is 88.2 Å². The Morgan fingerprint density at radius 2 is 1.01 bits per heavy atom. The highest BCUT2D eigenvalue weighted by Crippen LogP contribution is 2.35. The summed E-state index contributed by atoms with van der Waals surface area (Å²) in [5.41, 5.74) is 18.7. The third-order valence-corrected chi connectivity index (χ3v) is 23.2. The second-order valence-electron chi connectivity index (χ2n) is 34.1. The van der Waals surface area contributed by atoms with Gasteiger partial charge in [0.25, 0.3) is 0 Å². The summed E-state index contributed by atoms with van der Waals surface area (Å²) in [7, 11) is 0. The monoisotopic (exact) mass is 1840 g/mol. The topological polar surface area (TPSA) is 660 Å². The number of carboxylic acid groups (broad SMARTS) is 1. The number of benzene rings is 2. The zero-order valence-electron chi connectivity index (χ0n) is 76.2. The number of ketones is 1. The van der Waals surface area contributed by atoms with Gasteiger partial charge in [-0.1, -0.05) is 140 Å². The Kier molecular flexibility index (Phi) is 49.9. The Labute approximate surface area is 764 Å². The molecule has 41 heteroatoms. The molecule has 14 atom stereocenters. The second-order valence-corrected chi connectivity index (χ2v) is 34.1. The number of Topliss-reactive ketones (excluding diaryl/α,β-unsaturated/α-hetero) is 1. The smallest absolute Gasteiger partial charge is 0.303 e. The molecule has 728 valence electrons. The lowest BCUT2D eigenvalue weighted by Crippen LogP contribution is -2.60. The Bertz CT molecular complexity index is 4250. The standard InChI is InChI=1S/C90H142N20O21/c1-6-8-10-11-12-13-14-15-19-37-73(115)96-44-40-74(116)95-42-25-23-33-65(105-86(128)70(52-111)100-55(5)113)84(126)108-71(53-112)87(129)104-64(31-9-7-2)82(124)102-63(38-39-76(118)119)78(120)60-48-58(114)49-61(60)80(122)106-68(46-56-28-17-16-18-29-56)85(127)103-66(35-26-43-97-90(93)94)83(125)107-69(47-57-50-98-62-32-21-20-30-59(57)62)81(123)99-51-75(117)101-67(34-22-24-41-91)89(131)110-45-27-36-72(110)88(130)109-77(54(3)4)79(92)121/h16-18,20-21,28-30,32,50,54,58,60-61,63-72,77,98,111-112,114H,6-15,19,22-27,31,33-49,51-53,91H2,1-5H3,(H2,92,121)(H,95,116)(H,96,115)(H,99,123)(H,100,113)(H,101,117)(H,102,124)(H,103,127)(H,104,129)(H,105,128)(H,106,122)(H,107,125)(H,108,126)(H,109,130)(H,118,119)(H4,93,94,97)/t58?,60?,61-,63+,64+,65+,66+,67+,68?,69+,70+,71+,72+,77?/m1/s1. The minimum Gasteiger partial charge on any atom is -0.481 e. The van der Waals surface area contributed by atoms with Crippen LogP contribution in [-0.2, 0) is 94.3 Å². The first-order valence-corrected chi connectivity index (χ1v) is 46.1. The molecule has 5 rings (SSSR count). The molecule has 1 aliphatic heterocycles. The molecular formula is C90H142N20O21. The number of fused-ring (bicyclic) bond motifs is 1. The zero-order chi connectivity index (χ0) is 96.5. The first-order chi connectivity index (χ1) is 62.6. The van der Waals surface area contributed by atoms with Crippen molar-refractivity contribution in [2.24, 2.45) is 35.0 Å². The van der Waals surface area contributed by atoms with Gasteiger partial charge in [-0.3, -0.25) is 86.9 Å². The van der Waals surface area contributed by atoms with Gasteiger partial charge < -0.3 is 122 Å². The van der Waals surface area contributed by atoms with Crippen LogP contribution in [0.1, 0.15) is 226 Å². The molecule has 1 saturated carbocycles. The summed E-state index contributed by atoms with van der Waals surface area (Å²) < 4.78 is 0. The molecule has 0 spiro atoms. The molecule has 2 aliphatic rings. The van der Waals surface area contributed by atoms with Gasteiger partial charge in [0.2, 0.25) is 88.6 Å². The number of nitrogens with zero attached hydrogens (tertiary/aromatic N) is 1. The second kappa shape index (κ2) is 59.6. The van der Waals surface area contributed by atoms with Crippen molar-refractivity contribution in [1.82, 2.24) is 84.3 Å². The third kappa shape index (κ3) is 39.5. The lowest BCUT2D eigenvalue weighted by atomic mass is 9.85. The number of guanidine groups is 1. The number of primary amides is 1. The first-order valence-electron chi connectivity index (χ1n) is 46.1. The number of amides is 15. The summed E-state index contributed by atoms with van der Waals surface area (Å²) in [6.45, 7) is 6.35. The largest absolute Gasteiger partial charge is 0.481 e. The van der Waals surface area contributed by atoms with Crippen molar-refractivity contribution in [3.8, 4) is 0 Å². The number of carbonyl (C=O) groups excluding carboxylic acids is 16. The summed E-state index contributed by atoms with van der Waals surface area (Å²) in [5, 5.41) is 86.8. The van der Waals surface area contributed by atoms with Gasteiger partial charge in [-0.15, -0.1) is 0 Å². The lowest BCUT2D eigenvalue weighted by Gasteiger charge is -2.30. The predicted molar refractivity (Wildman–Crippen MR) is 485 cm³/mol. The summed E-state index contributed by atoms with van der Waals surface area (Å²) in [5.74, 6) is -18.1. The number of unbranched alkanes of at least 4 members (excludes halogenated alkanes) is 11. The van der Waals surface area contributed by atoms with Crippen molar-refractivity contribution >= 4 is 117 Å². The molecule has 26 N–H and O–H groups in total. The number of aliphatic hydroxyl groups excluding tert-OH is 3. The average molecular weight is 1840 g/mol. The fraction of sp³-hybridized carbons (Fsp3) is 0.644. The maximum atomic E-state index is 15.2. The van der Waals surface area contributed by atoms with Crippen molar-refractivity contribution in [1.29, 1.82) is 5.41 Å². The highest BCUT2D eigenvalue weighted by Gasteiger charge is 2.47. The van der Waals surface area contributed by atoms with E-state index in [0.717, 1.165) is 32.6 Å². The van der Waals surface area contributed by atoms with E-state index in [9.17, 15) is 82.8 Å². The number of nitrogens with one attached hydrogen (secondary N) is 16. The van der Waals surface area contributed by atoms with Crippen molar-refractivity contribution in [2.75, 3.05) is 52.5 Å². The summed E-state index contributed by atoms with van der Waals surface area (Å²) in [6.07, 6.45) is 10.1. The van der Waals surface area contributed by atoms with Crippen LogP contribution in [0, 0.1) is 23.2 Å². The number of carbonyl (C=O) groups is 17. The molecule has 4 unspecified atom stereocenters. The summed E-state index contributed by atoms with van der Waals surface area (Å²) in [6, 6.07) is -0.652. The number of hydrogen-bond donors (Lipinski definition) is 23. The summed E-state index contributed by atoms with van der Waals surface area (Å²) >= 11 is 0. The molecule has 1 saturated heterocycles. The Balaban J connectivity index is 1.34. The minimum absolute atomic E-state index is 0.00489. The number of aliphatic carboxylic acids is 1. The third-order valence-electron chi connectivity index (χ3n) is 23.2. The fourth-order valence-electron chi connectivity index (χ4n) is 15.9. The van der Waals surface area contributed by atoms with Gasteiger partial charge >= 0.3 is 5.97 Å². The van der Waals surface area contributed by atoms with Gasteiger partial charge in [-0.25, -0.2) is 0 Å². The number of likely N-dealkylation sites (tertiary alicyclic amines) is 1. The fourth-order valence-corrected chi connectivity index (χ4v) is 15.9. The van der Waals surface area contributed by atoms with E-state index in [4.69, 9.17) is 22.6 Å². The molecule has 2 aromatic carbocycles. The van der Waals surface area contributed by atoms with E-state index in [1.807, 2.05) is 0 Å². The highest BCUT2D eigenvalue weighted by atomic mass is 16.4. The van der Waals surface area contributed by atoms with E-state index in [1.54, 1.807) is 81.6 Å². The van der Waals surface area contributed by atoms with E-state index >= 15 is 19.2 Å². The molecule has 1 aromatic heterocycles. The molecule has 3 aromatic rings. The van der Waals surface area contributed by atoms with Crippen LogP contribution in [0.4, 0.5) is 0 Å². The van der Waals surface area contributed by atoms with Crippen LogP contribution in [0.5, 0.6) is 0 Å². The SMILES string of the molecule is CCCCCCCCCCCC(=O)NCCC(=O)NCCCC[C@H](NC(=O)[C@H](CO)NC(C)=O)C(=O)N[C@@H](CO)C(=O)N[C@@H](CCCC)C(=O)N[C@@H](CCC(=O)O)C(=O)C1CC(O)C[C@H]1C(=O)NC(Cc1ccccc1)C(=O)N[C@@H](CCCNC(=N)N)C(=O)N[C@@H](Cc1c[nH]c2ccccc12)C(=O)NCC(=O)N[C@@H](CCCCN)C(=O)N1CCC[C@H]1C(=O)NC(C(N)=O)C(C)C. The number of nitrogens with two attached hydrogens (primary N) is 3. The van der Waals surface area contributed by atoms with Crippen molar-refractivity contribution in [3.63, 3.8) is 0 Å². The normalized spacial score (nSPS) is 16.9. The van der Waals surface area contributed by atoms with E-state index in [2.05, 4.69) is 86.3 Å². The number of hydrogen-bond acceptors (Lipinski definition) is 22. The van der Waals surface area contributed by atoms with Crippen molar-refractivity contribution < 1.29 is 102 Å². The van der Waals surface area contributed by atoms with Crippen molar-refractivity contribution in [2.45, 2.75) is 300 Å². The van der Waals surface area contributed by atoms with Crippen LogP contribution in [-0.4, -0.2) is 262 Å². The molecule has 1 aliphatic carbocycles. The number of aromatic amines is 1. The van der Waals surface area contributed by atoms with E-state index in [-0.39, 0.29) is 128 Å². The molecule has 0 bridgehead atoms. The lowest BCUT2D eigenvalue weighted by molar-refractivity contribution is -0.142. The predicted octanol–water partition coefficient (Wildman–Crippen LogP) is -0.829. The number of H-pyrrole nitrogens is 1. The molecule has 15 amide bonds. The van der Waals surface area contributed by atoms with Gasteiger partial charge in [-0.2, -0.15) is 0 Å². The number of aliphatic hydroxyl groups is 3. The maximum absolute atomic E-state index is 15.2. The number of para-hydroxylation sites is 1. The Hall–Kier alpha value is -11.7. The maximum Gasteiger partial charge on any atom is 0.303 e. The van der Waals surface area contributed by atoms with Crippen LogP contribution in [0.3, 0.4) is 0 Å². The van der Waals surface area contributed by atoms with E-state index in [0.29, 0.717) is 54.1 Å². The van der Waals surface area contributed by atoms with Gasteiger partial charge in [0.1, 0.15) is 60.4 Å². The van der Waals surface area contributed by atoms with Crippen LogP contribution < -0.4 is 91.6 Å². The molecule has 41 nitrogen and oxygen atoms in total. The minimum atomic E-state index is -1.83. The molecule has 2 heterocycles. The van der Waals surface area contributed by atoms with Crippen LogP contribution in [0.25, 0.3) is 10.9 Å². The highest BCUT2D eigenvalue weighted by molar-refractivity contribution is 6.01.